The van der Waals surface area contributed by atoms with Crippen LogP contribution in [0.15, 0.2) is 4.99 Å². The normalized spacial score (nSPS) is 22.0. The lowest BCUT2D eigenvalue weighted by atomic mass is 10.2. The van der Waals surface area contributed by atoms with Crippen LogP contribution in [0.4, 0.5) is 0 Å². The summed E-state index contributed by atoms with van der Waals surface area (Å²) in [4.78, 5) is 17.5. The molecule has 8 nitrogen and oxygen atoms in total. The molecule has 2 rings (SSSR count). The van der Waals surface area contributed by atoms with Crippen molar-refractivity contribution < 1.29 is 13.2 Å². The number of hydrogen-bond donors (Lipinski definition) is 2. The molecule has 0 aromatic rings. The topological polar surface area (TPSA) is 94.1 Å². The van der Waals surface area contributed by atoms with Crippen molar-refractivity contribution in [1.29, 1.82) is 0 Å². The maximum atomic E-state index is 11.8. The number of sulfonamides is 1. The standard InChI is InChI=1S/C14H27N5O3S.HI/c1-18(2)13(20)10-16-14(17-11-6-7-11)15-9-12-5-4-8-19(12)23(3,21)22;/h11-12H,4-10H2,1-3H3,(H2,15,16,17);1H/t12-;/m1./s1. The first-order valence-electron chi connectivity index (χ1n) is 7.99. The number of halogens is 1. The van der Waals surface area contributed by atoms with Gasteiger partial charge in [-0.2, -0.15) is 4.31 Å². The Morgan fingerprint density at radius 1 is 1.29 bits per heavy atom. The van der Waals surface area contributed by atoms with Gasteiger partial charge >= 0.3 is 0 Å². The summed E-state index contributed by atoms with van der Waals surface area (Å²) in [5.74, 6) is 0.517. The van der Waals surface area contributed by atoms with Gasteiger partial charge in [0.2, 0.25) is 15.9 Å². The fourth-order valence-electron chi connectivity index (χ4n) is 2.53. The molecule has 1 aliphatic carbocycles. The van der Waals surface area contributed by atoms with E-state index in [0.717, 1.165) is 25.7 Å². The number of carbonyl (C=O) groups is 1. The number of amides is 1. The van der Waals surface area contributed by atoms with Crippen molar-refractivity contribution in [2.24, 2.45) is 4.99 Å². The summed E-state index contributed by atoms with van der Waals surface area (Å²) < 4.78 is 25.1. The minimum absolute atomic E-state index is 0. The number of likely N-dealkylation sites (N-methyl/N-ethyl adjacent to an activating group) is 1. The Balaban J connectivity index is 0.00000288. The van der Waals surface area contributed by atoms with Crippen molar-refractivity contribution in [2.45, 2.75) is 37.8 Å². The van der Waals surface area contributed by atoms with Crippen molar-refractivity contribution in [2.75, 3.05) is 40.0 Å². The third kappa shape index (κ3) is 6.71. The van der Waals surface area contributed by atoms with Crippen LogP contribution in [0.1, 0.15) is 25.7 Å². The molecule has 1 atom stereocenters. The Hall–Kier alpha value is -0.620. The highest BCUT2D eigenvalue weighted by Crippen LogP contribution is 2.20. The molecule has 140 valence electrons. The highest BCUT2D eigenvalue weighted by atomic mass is 127. The van der Waals surface area contributed by atoms with Crippen molar-refractivity contribution >= 4 is 45.9 Å². The summed E-state index contributed by atoms with van der Waals surface area (Å²) in [6.07, 6.45) is 5.16. The van der Waals surface area contributed by atoms with E-state index in [1.54, 1.807) is 18.4 Å². The van der Waals surface area contributed by atoms with Gasteiger partial charge in [0.05, 0.1) is 6.26 Å². The fraction of sp³-hybridized carbons (Fsp3) is 0.857. The molecule has 0 spiro atoms. The van der Waals surface area contributed by atoms with E-state index in [2.05, 4.69) is 15.6 Å². The first-order valence-corrected chi connectivity index (χ1v) is 9.84. The second-order valence-electron chi connectivity index (χ2n) is 6.42. The van der Waals surface area contributed by atoms with Gasteiger partial charge in [-0.1, -0.05) is 0 Å². The van der Waals surface area contributed by atoms with Gasteiger partial charge in [0.25, 0.3) is 0 Å². The van der Waals surface area contributed by atoms with Crippen LogP contribution < -0.4 is 10.6 Å². The van der Waals surface area contributed by atoms with Crippen LogP contribution in [0.3, 0.4) is 0 Å². The average Bonchev–Trinajstić information content (AvgIpc) is 3.13. The Morgan fingerprint density at radius 2 is 1.96 bits per heavy atom. The van der Waals surface area contributed by atoms with Gasteiger partial charge in [0.1, 0.15) is 6.54 Å². The second-order valence-corrected chi connectivity index (χ2v) is 8.36. The molecule has 1 heterocycles. The zero-order chi connectivity index (χ0) is 17.0. The zero-order valence-electron chi connectivity index (χ0n) is 14.5. The minimum Gasteiger partial charge on any atom is -0.355 e. The second kappa shape index (κ2) is 9.18. The Morgan fingerprint density at radius 3 is 2.50 bits per heavy atom. The largest absolute Gasteiger partial charge is 0.355 e. The van der Waals surface area contributed by atoms with Crippen molar-refractivity contribution in [3.63, 3.8) is 0 Å². The number of nitrogens with one attached hydrogen (secondary N) is 2. The van der Waals surface area contributed by atoms with Gasteiger partial charge in [-0.05, 0) is 25.7 Å². The third-order valence-electron chi connectivity index (χ3n) is 4.04. The number of rotatable bonds is 6. The molecule has 10 heteroatoms. The Bertz CT molecular complexity index is 563. The van der Waals surface area contributed by atoms with Gasteiger partial charge in [-0.25, -0.2) is 13.4 Å². The lowest BCUT2D eigenvalue weighted by molar-refractivity contribution is -0.127. The lowest BCUT2D eigenvalue weighted by Gasteiger charge is -2.23. The number of hydrogen-bond acceptors (Lipinski definition) is 4. The molecule has 1 amide bonds. The average molecular weight is 473 g/mol. The quantitative estimate of drug-likeness (QED) is 0.317. The summed E-state index contributed by atoms with van der Waals surface area (Å²) in [5, 5.41) is 6.45. The molecule has 1 saturated heterocycles. The van der Waals surface area contributed by atoms with Crippen LogP contribution in [0.2, 0.25) is 0 Å². The van der Waals surface area contributed by atoms with Crippen LogP contribution in [0.25, 0.3) is 0 Å². The van der Waals surface area contributed by atoms with E-state index in [0.29, 0.717) is 25.1 Å². The summed E-state index contributed by atoms with van der Waals surface area (Å²) >= 11 is 0. The molecule has 0 radical (unpaired) electrons. The number of carbonyl (C=O) groups excluding carboxylic acids is 1. The van der Waals surface area contributed by atoms with Crippen molar-refractivity contribution in [3.05, 3.63) is 0 Å². The SMILES string of the molecule is CN(C)C(=O)CN=C(NC[C@H]1CCCN1S(C)(=O)=O)NC1CC1.I. The first kappa shape index (κ1) is 21.4. The highest BCUT2D eigenvalue weighted by Gasteiger charge is 2.31. The molecule has 0 aromatic heterocycles. The molecule has 1 aliphatic heterocycles. The minimum atomic E-state index is -3.18. The molecule has 24 heavy (non-hydrogen) atoms. The maximum Gasteiger partial charge on any atom is 0.243 e. The molecule has 0 unspecified atom stereocenters. The van der Waals surface area contributed by atoms with E-state index >= 15 is 0 Å². The Kier molecular flexibility index (Phi) is 8.20. The van der Waals surface area contributed by atoms with Crippen molar-refractivity contribution in [1.82, 2.24) is 19.8 Å². The van der Waals surface area contributed by atoms with Gasteiger partial charge in [0, 0.05) is 39.3 Å². The smallest absolute Gasteiger partial charge is 0.243 e. The van der Waals surface area contributed by atoms with Gasteiger partial charge < -0.3 is 15.5 Å². The maximum absolute atomic E-state index is 11.8. The summed E-state index contributed by atoms with van der Waals surface area (Å²) in [6, 6.07) is 0.353. The predicted octanol–water partition coefficient (Wildman–Crippen LogP) is -0.186. The molecular weight excluding hydrogens is 445 g/mol. The molecule has 0 bridgehead atoms. The number of nitrogens with zero attached hydrogens (tertiary/aromatic N) is 3. The van der Waals surface area contributed by atoms with E-state index < -0.39 is 10.0 Å². The van der Waals surface area contributed by atoms with Crippen LogP contribution >= 0.6 is 24.0 Å². The molecule has 2 N–H and O–H groups in total. The number of aliphatic imine (C=N–C) groups is 1. The molecule has 2 fully saturated rings. The van der Waals surface area contributed by atoms with Crippen LogP contribution in [-0.2, 0) is 14.8 Å². The number of guanidine groups is 1. The van der Waals surface area contributed by atoms with E-state index in [-0.39, 0.29) is 42.5 Å². The van der Waals surface area contributed by atoms with Crippen molar-refractivity contribution in [3.8, 4) is 0 Å². The van der Waals surface area contributed by atoms with Crippen LogP contribution in [0.5, 0.6) is 0 Å². The summed E-state index contributed by atoms with van der Waals surface area (Å²) in [7, 11) is 0.217. The summed E-state index contributed by atoms with van der Waals surface area (Å²) in [6.45, 7) is 1.16. The first-order chi connectivity index (χ1) is 10.8. The predicted molar refractivity (Wildman–Crippen MR) is 105 cm³/mol. The fourth-order valence-corrected chi connectivity index (χ4v) is 3.71. The summed E-state index contributed by atoms with van der Waals surface area (Å²) in [5.41, 5.74) is 0. The van der Waals surface area contributed by atoms with E-state index in [9.17, 15) is 13.2 Å². The van der Waals surface area contributed by atoms with Gasteiger partial charge in [0.15, 0.2) is 5.96 Å². The van der Waals surface area contributed by atoms with Gasteiger partial charge in [-0.3, -0.25) is 4.79 Å². The van der Waals surface area contributed by atoms with Crippen LogP contribution in [-0.4, -0.2) is 81.6 Å². The monoisotopic (exact) mass is 473 g/mol. The van der Waals surface area contributed by atoms with E-state index in [1.165, 1.54) is 11.2 Å². The van der Waals surface area contributed by atoms with E-state index in [1.807, 2.05) is 0 Å². The van der Waals surface area contributed by atoms with Crippen LogP contribution in [0, 0.1) is 0 Å². The Labute approximate surface area is 161 Å². The van der Waals surface area contributed by atoms with Gasteiger partial charge in [-0.15, -0.1) is 24.0 Å². The zero-order valence-corrected chi connectivity index (χ0v) is 17.6. The lowest BCUT2D eigenvalue weighted by Crippen LogP contribution is -2.47. The molecule has 1 saturated carbocycles. The highest BCUT2D eigenvalue weighted by molar-refractivity contribution is 14.0. The third-order valence-corrected chi connectivity index (χ3v) is 5.38. The molecular formula is C14H28IN5O3S. The molecule has 2 aliphatic rings. The molecule has 0 aromatic carbocycles. The van der Waals surface area contributed by atoms with E-state index in [4.69, 9.17) is 0 Å².